The molecule has 0 saturated carbocycles. The van der Waals surface area contributed by atoms with Gasteiger partial charge in [-0.05, 0) is 12.3 Å². The number of halogens is 1. The van der Waals surface area contributed by atoms with E-state index in [9.17, 15) is 4.79 Å². The summed E-state index contributed by atoms with van der Waals surface area (Å²) in [5.74, 6) is -0.0381. The molecule has 0 aliphatic rings. The summed E-state index contributed by atoms with van der Waals surface area (Å²) in [5.41, 5.74) is 1.59. The first-order valence-electron chi connectivity index (χ1n) is 3.34. The number of nitrogens with zero attached hydrogens (tertiary/aromatic N) is 1. The van der Waals surface area contributed by atoms with Crippen molar-refractivity contribution in [3.8, 4) is 0 Å². The molecule has 0 aromatic heterocycles. The molecule has 1 N–H and O–H groups in total. The average molecular weight is 296 g/mol. The zero-order valence-electron chi connectivity index (χ0n) is 6.97. The van der Waals surface area contributed by atoms with E-state index in [0.29, 0.717) is 6.42 Å². The molecule has 0 saturated heterocycles. The number of amides is 1. The van der Waals surface area contributed by atoms with E-state index in [1.807, 2.05) is 14.8 Å². The Morgan fingerprint density at radius 3 is 2.83 bits per heavy atom. The lowest BCUT2D eigenvalue weighted by Crippen LogP contribution is -2.14. The minimum atomic E-state index is -0.0381. The van der Waals surface area contributed by atoms with Crippen LogP contribution in [0.15, 0.2) is 16.0 Å². The molecule has 0 radical (unpaired) electrons. The van der Waals surface area contributed by atoms with Crippen molar-refractivity contribution in [1.82, 2.24) is 3.53 Å². The lowest BCUT2D eigenvalue weighted by atomic mass is 10.1. The van der Waals surface area contributed by atoms with Crippen molar-refractivity contribution < 1.29 is 4.79 Å². The van der Waals surface area contributed by atoms with Crippen LogP contribution in [0.4, 0.5) is 0 Å². The first-order valence-corrected chi connectivity index (χ1v) is 4.94. The molecule has 0 rings (SSSR count). The van der Waals surface area contributed by atoms with Crippen LogP contribution in [0.3, 0.4) is 0 Å². The molecule has 12 heavy (non-hydrogen) atoms. The molecule has 66 valence electrons. The summed E-state index contributed by atoms with van der Waals surface area (Å²) in [4.78, 5) is 15.0. The number of hydrogen-bond donors (Lipinski definition) is 2. The Morgan fingerprint density at radius 2 is 2.42 bits per heavy atom. The number of aliphatic imine (C=N–C) groups is 1. The molecule has 0 unspecified atom stereocenters. The van der Waals surface area contributed by atoms with Gasteiger partial charge in [0.05, 0.1) is 29.3 Å². The third-order valence-electron chi connectivity index (χ3n) is 1.08. The van der Waals surface area contributed by atoms with Crippen molar-refractivity contribution in [1.29, 1.82) is 0 Å². The fourth-order valence-corrected chi connectivity index (χ4v) is 0.884. The van der Waals surface area contributed by atoms with E-state index in [2.05, 4.69) is 21.2 Å². The summed E-state index contributed by atoms with van der Waals surface area (Å²) in [5, 5.41) is 1.60. The number of carbonyl (C=O) groups excluding carboxylic acids is 1. The zero-order chi connectivity index (χ0) is 9.56. The molecule has 0 bridgehead atoms. The lowest BCUT2D eigenvalue weighted by molar-refractivity contribution is -0.117. The van der Waals surface area contributed by atoms with E-state index < -0.39 is 0 Å². The molecule has 3 nitrogen and oxygen atoms in total. The minimum absolute atomic E-state index is 0.0381. The molecule has 0 aromatic rings. The maximum absolute atomic E-state index is 10.9. The van der Waals surface area contributed by atoms with E-state index in [1.165, 1.54) is 0 Å². The van der Waals surface area contributed by atoms with E-state index >= 15 is 0 Å². The van der Waals surface area contributed by atoms with Crippen LogP contribution in [0, 0.1) is 0 Å². The molecule has 0 aromatic carbocycles. The predicted molar refractivity (Wildman–Crippen MR) is 65.5 cm³/mol. The fourth-order valence-electron chi connectivity index (χ4n) is 0.635. The van der Waals surface area contributed by atoms with Crippen molar-refractivity contribution in [3.05, 3.63) is 11.0 Å². The predicted octanol–water partition coefficient (Wildman–Crippen LogP) is 0.665. The molecule has 0 heterocycles. The summed E-state index contributed by atoms with van der Waals surface area (Å²) in [6.07, 6.45) is 0.335. The first-order chi connectivity index (χ1) is 5.60. The highest BCUT2D eigenvalue weighted by Gasteiger charge is 2.00. The third-order valence-corrected chi connectivity index (χ3v) is 2.05. The van der Waals surface area contributed by atoms with Gasteiger partial charge in [-0.1, -0.05) is 0 Å². The maximum atomic E-state index is 10.9. The summed E-state index contributed by atoms with van der Waals surface area (Å²) in [7, 11) is 1.83. The number of hydrogen-bond acceptors (Lipinski definition) is 3. The highest BCUT2D eigenvalue weighted by molar-refractivity contribution is 14.1. The van der Waals surface area contributed by atoms with Gasteiger partial charge in [-0.15, -0.1) is 0 Å². The molecule has 0 fully saturated rings. The third kappa shape index (κ3) is 5.65. The number of thiol groups is 1. The van der Waals surface area contributed by atoms with Crippen LogP contribution < -0.4 is 3.53 Å². The monoisotopic (exact) mass is 296 g/mol. The van der Waals surface area contributed by atoms with Gasteiger partial charge in [-0.25, -0.2) is 0 Å². The smallest absolute Gasteiger partial charge is 0.234 e. The number of rotatable bonds is 3. The van der Waals surface area contributed by atoms with Gasteiger partial charge in [0.2, 0.25) is 5.91 Å². The van der Waals surface area contributed by atoms with Crippen LogP contribution in [0.1, 0.15) is 13.3 Å². The first kappa shape index (κ1) is 12.0. The van der Waals surface area contributed by atoms with Gasteiger partial charge >= 0.3 is 0 Å². The normalized spacial score (nSPS) is 12.9. The van der Waals surface area contributed by atoms with Crippen LogP contribution in [0.2, 0.25) is 0 Å². The molecule has 6 heteroatoms. The summed E-state index contributed by atoms with van der Waals surface area (Å²) in [6, 6.07) is 0. The number of nitrogens with one attached hydrogen (secondary N) is 1. The largest absolute Gasteiger partial charge is 0.298 e. The van der Waals surface area contributed by atoms with E-state index in [1.54, 1.807) is 28.3 Å². The lowest BCUT2D eigenvalue weighted by Gasteiger charge is -1.98. The second-order valence-corrected chi connectivity index (χ2v) is 3.11. The van der Waals surface area contributed by atoms with E-state index in [4.69, 9.17) is 0 Å². The Kier molecular flexibility index (Phi) is 6.54. The topological polar surface area (TPSA) is 41.5 Å². The van der Waals surface area contributed by atoms with Crippen molar-refractivity contribution in [2.75, 3.05) is 0 Å². The van der Waals surface area contributed by atoms with Crippen molar-refractivity contribution >= 4 is 55.0 Å². The molecule has 0 aliphatic heterocycles. The highest BCUT2D eigenvalue weighted by Crippen LogP contribution is 1.96. The molecule has 0 aliphatic carbocycles. The summed E-state index contributed by atoms with van der Waals surface area (Å²) in [6.45, 7) is 1.81. The molecule has 1 amide bonds. The second kappa shape index (κ2) is 6.53. The Hall–Kier alpha value is 0.0249. The molecular weight excluding hydrogens is 286 g/mol. The molecular formula is C6H10BIN2OS. The standard InChI is InChI=1S/C6H10BIN2OS/c1-4(2-6(11)10-8)9-5(7)3-12/h3,12H,2,7H2,1H3,(H,10,11)/b5-3-,9-4+. The van der Waals surface area contributed by atoms with Crippen LogP contribution in [-0.4, -0.2) is 19.5 Å². The van der Waals surface area contributed by atoms with Crippen LogP contribution >= 0.6 is 35.5 Å². The Labute approximate surface area is 92.4 Å². The number of carbonyl (C=O) groups is 1. The second-order valence-electron chi connectivity index (χ2n) is 2.31. The SMILES string of the molecule is BC(=C/S)/N=C(\C)CC(=O)NI. The van der Waals surface area contributed by atoms with E-state index in [0.717, 1.165) is 11.3 Å². The van der Waals surface area contributed by atoms with Gasteiger partial charge in [-0.3, -0.25) is 13.3 Å². The summed E-state index contributed by atoms with van der Waals surface area (Å²) >= 11 is 5.74. The Bertz CT molecular complexity index is 230. The van der Waals surface area contributed by atoms with Crippen molar-refractivity contribution in [2.24, 2.45) is 4.99 Å². The highest BCUT2D eigenvalue weighted by atomic mass is 127. The minimum Gasteiger partial charge on any atom is -0.298 e. The Morgan fingerprint density at radius 1 is 1.83 bits per heavy atom. The van der Waals surface area contributed by atoms with Gasteiger partial charge in [0.25, 0.3) is 0 Å². The quantitative estimate of drug-likeness (QED) is 0.260. The summed E-state index contributed by atoms with van der Waals surface area (Å²) < 4.78 is 2.50. The maximum Gasteiger partial charge on any atom is 0.234 e. The van der Waals surface area contributed by atoms with Gasteiger partial charge < -0.3 is 0 Å². The zero-order valence-corrected chi connectivity index (χ0v) is 10.0. The fraction of sp³-hybridized carbons (Fsp3) is 0.333. The molecule has 0 spiro atoms. The van der Waals surface area contributed by atoms with E-state index in [-0.39, 0.29) is 5.91 Å². The van der Waals surface area contributed by atoms with Crippen LogP contribution in [0.5, 0.6) is 0 Å². The van der Waals surface area contributed by atoms with Crippen LogP contribution in [-0.2, 0) is 4.79 Å². The van der Waals surface area contributed by atoms with Gasteiger partial charge in [0.15, 0.2) is 7.85 Å². The van der Waals surface area contributed by atoms with Crippen molar-refractivity contribution in [2.45, 2.75) is 13.3 Å². The van der Waals surface area contributed by atoms with Crippen molar-refractivity contribution in [3.63, 3.8) is 0 Å². The Balaban J connectivity index is 4.11. The van der Waals surface area contributed by atoms with Gasteiger partial charge in [-0.2, -0.15) is 12.6 Å². The average Bonchev–Trinajstić information content (AvgIpc) is 2.03. The van der Waals surface area contributed by atoms with Gasteiger partial charge in [0.1, 0.15) is 0 Å². The van der Waals surface area contributed by atoms with Gasteiger partial charge in [0, 0.05) is 11.3 Å². The van der Waals surface area contributed by atoms with Crippen LogP contribution in [0.25, 0.3) is 0 Å². The molecule has 0 atom stereocenters.